The van der Waals surface area contributed by atoms with Crippen LogP contribution in [-0.2, 0) is 0 Å². The molecule has 0 aromatic carbocycles. The van der Waals surface area contributed by atoms with E-state index < -0.39 is 0 Å². The molecule has 3 N–H and O–H groups in total. The molecule has 1 saturated carbocycles. The van der Waals surface area contributed by atoms with Crippen LogP contribution in [0.1, 0.15) is 51.4 Å². The van der Waals surface area contributed by atoms with Gasteiger partial charge in [0.15, 0.2) is 0 Å². The van der Waals surface area contributed by atoms with Gasteiger partial charge in [-0.1, -0.05) is 32.4 Å². The lowest BCUT2D eigenvalue weighted by Gasteiger charge is -2.43. The number of unbranched alkanes of at least 4 members (excludes halogenated alkanes) is 1. The van der Waals surface area contributed by atoms with Crippen molar-refractivity contribution >= 4 is 0 Å². The second-order valence-corrected chi connectivity index (χ2v) is 6.51. The van der Waals surface area contributed by atoms with Gasteiger partial charge < -0.3 is 16.0 Å². The summed E-state index contributed by atoms with van der Waals surface area (Å²) in [4.78, 5) is 2.56. The van der Waals surface area contributed by atoms with Gasteiger partial charge in [-0.25, -0.2) is 0 Å². The molecule has 1 aliphatic carbocycles. The van der Waals surface area contributed by atoms with Gasteiger partial charge in [0.2, 0.25) is 0 Å². The van der Waals surface area contributed by atoms with Crippen LogP contribution >= 0.6 is 0 Å². The molecule has 0 amide bonds. The third kappa shape index (κ3) is 4.46. The highest BCUT2D eigenvalue weighted by atomic mass is 15.1. The molecule has 20 heavy (non-hydrogen) atoms. The zero-order chi connectivity index (χ0) is 14.4. The number of nitrogens with one attached hydrogen (secondary N) is 1. The third-order valence-electron chi connectivity index (χ3n) is 4.98. The highest BCUT2D eigenvalue weighted by Gasteiger charge is 2.31. The average molecular weight is 277 g/mol. The number of piperidine rings is 1. The van der Waals surface area contributed by atoms with Crippen molar-refractivity contribution in [1.29, 1.82) is 0 Å². The maximum atomic E-state index is 5.48. The smallest absolute Gasteiger partial charge is 0.0885 e. The lowest BCUT2D eigenvalue weighted by Crippen LogP contribution is -2.41. The second-order valence-electron chi connectivity index (χ2n) is 6.51. The van der Waals surface area contributed by atoms with Crippen molar-refractivity contribution < 1.29 is 0 Å². The number of hydrogen-bond donors (Lipinski definition) is 2. The van der Waals surface area contributed by atoms with E-state index in [-0.39, 0.29) is 0 Å². The quantitative estimate of drug-likeness (QED) is 0.702. The van der Waals surface area contributed by atoms with Crippen molar-refractivity contribution in [2.45, 2.75) is 51.4 Å². The Labute approximate surface area is 124 Å². The molecule has 0 aromatic rings. The lowest BCUT2D eigenvalue weighted by atomic mass is 9.75. The average Bonchev–Trinajstić information content (AvgIpc) is 2.46. The molecule has 0 bridgehead atoms. The van der Waals surface area contributed by atoms with Crippen LogP contribution in [0.15, 0.2) is 24.7 Å². The topological polar surface area (TPSA) is 41.3 Å². The first-order valence-corrected chi connectivity index (χ1v) is 8.28. The molecular weight excluding hydrogens is 246 g/mol. The van der Waals surface area contributed by atoms with E-state index in [1.807, 2.05) is 0 Å². The van der Waals surface area contributed by atoms with Crippen LogP contribution in [0.3, 0.4) is 0 Å². The molecule has 2 fully saturated rings. The summed E-state index contributed by atoms with van der Waals surface area (Å²) in [6.45, 7) is 11.4. The van der Waals surface area contributed by atoms with E-state index in [1.165, 1.54) is 57.3 Å². The molecule has 0 aromatic heterocycles. The summed E-state index contributed by atoms with van der Waals surface area (Å²) < 4.78 is 0. The molecule has 3 nitrogen and oxygen atoms in total. The van der Waals surface area contributed by atoms with E-state index in [0.717, 1.165) is 31.2 Å². The van der Waals surface area contributed by atoms with E-state index in [4.69, 9.17) is 5.73 Å². The molecule has 2 unspecified atom stereocenters. The van der Waals surface area contributed by atoms with Gasteiger partial charge in [-0.05, 0) is 43.9 Å². The Kier molecular flexibility index (Phi) is 5.81. The number of nitrogens with zero attached hydrogens (tertiary/aromatic N) is 1. The summed E-state index contributed by atoms with van der Waals surface area (Å²) in [6, 6.07) is 0. The third-order valence-corrected chi connectivity index (χ3v) is 4.98. The fraction of sp³-hybridized carbons (Fsp3) is 0.765. The first kappa shape index (κ1) is 15.3. The number of likely N-dealkylation sites (tertiary alicyclic amines) is 1. The van der Waals surface area contributed by atoms with Crippen molar-refractivity contribution in [3.05, 3.63) is 24.7 Å². The second kappa shape index (κ2) is 7.61. The number of hydrogen-bond acceptors (Lipinski definition) is 3. The fourth-order valence-electron chi connectivity index (χ4n) is 3.75. The molecule has 2 aliphatic rings. The number of rotatable bonds is 7. The predicted molar refractivity (Wildman–Crippen MR) is 86.0 cm³/mol. The summed E-state index contributed by atoms with van der Waals surface area (Å²) in [7, 11) is 0. The summed E-state index contributed by atoms with van der Waals surface area (Å²) >= 11 is 0. The minimum Gasteiger partial charge on any atom is -0.386 e. The van der Waals surface area contributed by atoms with E-state index in [1.54, 1.807) is 0 Å². The Balaban J connectivity index is 1.64. The van der Waals surface area contributed by atoms with Crippen LogP contribution in [0.4, 0.5) is 0 Å². The highest BCUT2D eigenvalue weighted by Crippen LogP contribution is 2.37. The van der Waals surface area contributed by atoms with E-state index in [2.05, 4.69) is 23.4 Å². The van der Waals surface area contributed by atoms with E-state index in [0.29, 0.717) is 5.82 Å². The van der Waals surface area contributed by atoms with Gasteiger partial charge in [-0.15, -0.1) is 0 Å². The number of fused-ring (bicyclic) bond motifs is 1. The normalized spacial score (nSPS) is 25.9. The van der Waals surface area contributed by atoms with Crippen LogP contribution < -0.4 is 11.1 Å². The molecule has 0 spiro atoms. The molecule has 2 atom stereocenters. The maximum absolute atomic E-state index is 5.48. The zero-order valence-corrected chi connectivity index (χ0v) is 12.9. The van der Waals surface area contributed by atoms with Crippen LogP contribution in [0, 0.1) is 11.8 Å². The first-order chi connectivity index (χ1) is 9.66. The summed E-state index contributed by atoms with van der Waals surface area (Å²) in [6.07, 6.45) is 10.6. The zero-order valence-electron chi connectivity index (χ0n) is 12.9. The van der Waals surface area contributed by atoms with E-state index >= 15 is 0 Å². The molecule has 3 heteroatoms. The highest BCUT2D eigenvalue weighted by molar-refractivity contribution is 4.98. The molecule has 114 valence electrons. The number of allylic oxidation sites excluding steroid dienone is 1. The van der Waals surface area contributed by atoms with Crippen molar-refractivity contribution in [3.63, 3.8) is 0 Å². The minimum atomic E-state index is 0.572. The molecular formula is C17H31N3. The SMILES string of the molecule is C=C(N)NCCCCC(=C)N1CCC2CCCCC2C1. The summed E-state index contributed by atoms with van der Waals surface area (Å²) in [5, 5.41) is 3.08. The first-order valence-electron chi connectivity index (χ1n) is 8.28. The fourth-order valence-corrected chi connectivity index (χ4v) is 3.75. The van der Waals surface area contributed by atoms with Crippen LogP contribution in [-0.4, -0.2) is 24.5 Å². The van der Waals surface area contributed by atoms with Crippen molar-refractivity contribution in [2.75, 3.05) is 19.6 Å². The lowest BCUT2D eigenvalue weighted by molar-refractivity contribution is 0.107. The van der Waals surface area contributed by atoms with Crippen molar-refractivity contribution in [3.8, 4) is 0 Å². The van der Waals surface area contributed by atoms with Gasteiger partial charge in [0.05, 0.1) is 5.82 Å². The largest absolute Gasteiger partial charge is 0.386 e. The van der Waals surface area contributed by atoms with Crippen LogP contribution in [0.2, 0.25) is 0 Å². The summed E-state index contributed by atoms with van der Waals surface area (Å²) in [5.74, 6) is 2.52. The van der Waals surface area contributed by atoms with Gasteiger partial charge in [0.1, 0.15) is 0 Å². The molecule has 0 radical (unpaired) electrons. The standard InChI is InChI=1S/C17H31N3/c1-14(7-5-6-11-19-15(2)18)20-12-10-16-8-3-4-9-17(16)13-20/h16-17,19H,1-13,18H2. The van der Waals surface area contributed by atoms with E-state index in [9.17, 15) is 0 Å². The predicted octanol–water partition coefficient (Wildman–Crippen LogP) is 3.20. The molecule has 1 aliphatic heterocycles. The van der Waals surface area contributed by atoms with Crippen LogP contribution in [0.5, 0.6) is 0 Å². The van der Waals surface area contributed by atoms with Gasteiger partial charge in [0.25, 0.3) is 0 Å². The Hall–Kier alpha value is -1.12. The Morgan fingerprint density at radius 3 is 2.60 bits per heavy atom. The van der Waals surface area contributed by atoms with Gasteiger partial charge in [-0.2, -0.15) is 0 Å². The number of nitrogens with two attached hydrogens (primary N) is 1. The molecule has 2 rings (SSSR count). The van der Waals surface area contributed by atoms with Gasteiger partial charge >= 0.3 is 0 Å². The van der Waals surface area contributed by atoms with Gasteiger partial charge in [0, 0.05) is 25.3 Å². The van der Waals surface area contributed by atoms with Crippen molar-refractivity contribution in [1.82, 2.24) is 10.2 Å². The monoisotopic (exact) mass is 277 g/mol. The summed E-state index contributed by atoms with van der Waals surface area (Å²) in [5.41, 5.74) is 6.83. The maximum Gasteiger partial charge on any atom is 0.0885 e. The minimum absolute atomic E-state index is 0.572. The molecule has 1 heterocycles. The van der Waals surface area contributed by atoms with Gasteiger partial charge in [-0.3, -0.25) is 0 Å². The van der Waals surface area contributed by atoms with Crippen LogP contribution in [0.25, 0.3) is 0 Å². The Bertz CT molecular complexity index is 337. The Morgan fingerprint density at radius 2 is 1.85 bits per heavy atom. The molecule has 1 saturated heterocycles. The Morgan fingerprint density at radius 1 is 1.10 bits per heavy atom. The van der Waals surface area contributed by atoms with Crippen molar-refractivity contribution in [2.24, 2.45) is 17.6 Å².